The Kier molecular flexibility index (Phi) is 2.01. The van der Waals surface area contributed by atoms with Crippen LogP contribution in [0.5, 0.6) is 0 Å². The van der Waals surface area contributed by atoms with Crippen molar-refractivity contribution >= 4 is 24.0 Å². The Morgan fingerprint density at radius 1 is 1.60 bits per heavy atom. The van der Waals surface area contributed by atoms with E-state index in [2.05, 4.69) is 35.6 Å². The molecular formula is C7H14BrFSi. The lowest BCUT2D eigenvalue weighted by atomic mass is 10.5. The van der Waals surface area contributed by atoms with Gasteiger partial charge in [-0.25, -0.2) is 4.39 Å². The Hall–Kier alpha value is 0.627. The topological polar surface area (TPSA) is 0 Å². The van der Waals surface area contributed by atoms with Crippen LogP contribution in [0, 0.1) is 5.92 Å². The van der Waals surface area contributed by atoms with Crippen molar-refractivity contribution in [3.63, 3.8) is 0 Å². The van der Waals surface area contributed by atoms with Crippen molar-refractivity contribution in [1.82, 2.24) is 0 Å². The fourth-order valence-electron chi connectivity index (χ4n) is 1.23. The van der Waals surface area contributed by atoms with Crippen molar-refractivity contribution in [1.29, 1.82) is 0 Å². The van der Waals surface area contributed by atoms with E-state index in [1.165, 1.54) is 0 Å². The SMILES string of the molecule is C[Si](C)(C)C[C@@H]1CC1(F)Br. The highest BCUT2D eigenvalue weighted by atomic mass is 79.9. The van der Waals surface area contributed by atoms with Crippen LogP contribution in [-0.2, 0) is 0 Å². The first-order chi connectivity index (χ1) is 4.31. The number of hydrogen-bond donors (Lipinski definition) is 0. The monoisotopic (exact) mass is 224 g/mol. The summed E-state index contributed by atoms with van der Waals surface area (Å²) in [6, 6.07) is 1.12. The molecular weight excluding hydrogens is 211 g/mol. The van der Waals surface area contributed by atoms with Gasteiger partial charge in [0.25, 0.3) is 0 Å². The van der Waals surface area contributed by atoms with Crippen LogP contribution in [0.25, 0.3) is 0 Å². The molecule has 3 heteroatoms. The molecule has 1 aliphatic rings. The highest BCUT2D eigenvalue weighted by molar-refractivity contribution is 9.10. The lowest BCUT2D eigenvalue weighted by molar-refractivity contribution is 0.421. The van der Waals surface area contributed by atoms with Crippen molar-refractivity contribution in [2.45, 2.75) is 36.7 Å². The Labute approximate surface area is 71.3 Å². The van der Waals surface area contributed by atoms with Crippen LogP contribution < -0.4 is 0 Å². The third kappa shape index (κ3) is 2.35. The summed E-state index contributed by atoms with van der Waals surface area (Å²) in [6.45, 7) is 6.86. The predicted molar refractivity (Wildman–Crippen MR) is 49.0 cm³/mol. The average molecular weight is 225 g/mol. The van der Waals surface area contributed by atoms with Crippen LogP contribution in [0.1, 0.15) is 6.42 Å². The van der Waals surface area contributed by atoms with Gasteiger partial charge in [-0.15, -0.1) is 0 Å². The summed E-state index contributed by atoms with van der Waals surface area (Å²) in [5.74, 6) is 0.319. The van der Waals surface area contributed by atoms with E-state index in [1.54, 1.807) is 0 Å². The molecule has 0 aromatic carbocycles. The fraction of sp³-hybridized carbons (Fsp3) is 1.00. The molecule has 0 aromatic heterocycles. The van der Waals surface area contributed by atoms with Crippen LogP contribution in [0.2, 0.25) is 25.7 Å². The molecule has 0 aromatic rings. The molecule has 0 heterocycles. The molecule has 0 nitrogen and oxygen atoms in total. The van der Waals surface area contributed by atoms with Gasteiger partial charge in [0, 0.05) is 14.0 Å². The molecule has 1 rings (SSSR count). The maximum atomic E-state index is 12.9. The second-order valence-corrected chi connectivity index (χ2v) is 11.3. The maximum absolute atomic E-state index is 12.9. The second kappa shape index (κ2) is 2.31. The molecule has 1 unspecified atom stereocenters. The minimum absolute atomic E-state index is 0.319. The van der Waals surface area contributed by atoms with Crippen LogP contribution in [0.4, 0.5) is 4.39 Å². The van der Waals surface area contributed by atoms with Gasteiger partial charge >= 0.3 is 0 Å². The summed E-state index contributed by atoms with van der Waals surface area (Å²) in [5.41, 5.74) is 0. The van der Waals surface area contributed by atoms with E-state index in [0.717, 1.165) is 12.5 Å². The molecule has 0 amide bonds. The van der Waals surface area contributed by atoms with Gasteiger partial charge in [-0.2, -0.15) is 0 Å². The minimum atomic E-state index is -1.02. The van der Waals surface area contributed by atoms with Crippen molar-refractivity contribution in [2.75, 3.05) is 0 Å². The van der Waals surface area contributed by atoms with Gasteiger partial charge in [0.2, 0.25) is 0 Å². The largest absolute Gasteiger partial charge is 0.231 e. The Balaban J connectivity index is 2.31. The zero-order chi connectivity index (χ0) is 7.99. The van der Waals surface area contributed by atoms with E-state index in [4.69, 9.17) is 0 Å². The first-order valence-corrected chi connectivity index (χ1v) is 8.19. The predicted octanol–water partition coefficient (Wildman–Crippen LogP) is 3.41. The highest BCUT2D eigenvalue weighted by Crippen LogP contribution is 2.56. The summed E-state index contributed by atoms with van der Waals surface area (Å²) in [4.78, 5) is 0. The van der Waals surface area contributed by atoms with E-state index in [-0.39, 0.29) is 0 Å². The molecule has 0 N–H and O–H groups in total. The van der Waals surface area contributed by atoms with Gasteiger partial charge in [-0.3, -0.25) is 0 Å². The maximum Gasteiger partial charge on any atom is 0.168 e. The summed E-state index contributed by atoms with van der Waals surface area (Å²) in [7, 11) is -1.02. The molecule has 60 valence electrons. The van der Waals surface area contributed by atoms with Crippen molar-refractivity contribution in [2.24, 2.45) is 5.92 Å². The van der Waals surface area contributed by atoms with Gasteiger partial charge < -0.3 is 0 Å². The molecule has 1 aliphatic carbocycles. The zero-order valence-electron chi connectivity index (χ0n) is 6.75. The van der Waals surface area contributed by atoms with Gasteiger partial charge in [-0.1, -0.05) is 25.7 Å². The van der Waals surface area contributed by atoms with Gasteiger partial charge in [0.15, 0.2) is 4.58 Å². The first kappa shape index (κ1) is 8.72. The lowest BCUT2D eigenvalue weighted by Gasteiger charge is -2.14. The summed E-state index contributed by atoms with van der Waals surface area (Å²) < 4.78 is 12.0. The highest BCUT2D eigenvalue weighted by Gasteiger charge is 2.54. The number of alkyl halides is 2. The van der Waals surface area contributed by atoms with Gasteiger partial charge in [-0.05, 0) is 22.4 Å². The third-order valence-corrected chi connectivity index (χ3v) is 4.50. The molecule has 1 fully saturated rings. The van der Waals surface area contributed by atoms with E-state index in [1.807, 2.05) is 0 Å². The van der Waals surface area contributed by atoms with E-state index in [0.29, 0.717) is 5.92 Å². The smallest absolute Gasteiger partial charge is 0.168 e. The second-order valence-electron chi connectivity index (χ2n) is 4.43. The first-order valence-electron chi connectivity index (χ1n) is 3.69. The van der Waals surface area contributed by atoms with E-state index in [9.17, 15) is 4.39 Å². The van der Waals surface area contributed by atoms with E-state index >= 15 is 0 Å². The van der Waals surface area contributed by atoms with E-state index < -0.39 is 12.7 Å². The Morgan fingerprint density at radius 2 is 2.00 bits per heavy atom. The van der Waals surface area contributed by atoms with Gasteiger partial charge in [0.1, 0.15) is 0 Å². The summed E-state index contributed by atoms with van der Waals surface area (Å²) >= 11 is 3.06. The minimum Gasteiger partial charge on any atom is -0.231 e. The van der Waals surface area contributed by atoms with Gasteiger partial charge in [0.05, 0.1) is 0 Å². The summed E-state index contributed by atoms with van der Waals surface area (Å²) in [5, 5.41) is 0. The molecule has 0 spiro atoms. The number of hydrogen-bond acceptors (Lipinski definition) is 0. The number of halogens is 2. The van der Waals surface area contributed by atoms with Crippen LogP contribution in [-0.4, -0.2) is 12.7 Å². The Morgan fingerprint density at radius 3 is 2.10 bits per heavy atom. The number of rotatable bonds is 2. The quantitative estimate of drug-likeness (QED) is 0.499. The lowest BCUT2D eigenvalue weighted by Crippen LogP contribution is -2.20. The van der Waals surface area contributed by atoms with Crippen molar-refractivity contribution in [3.8, 4) is 0 Å². The molecule has 1 saturated carbocycles. The molecule has 0 saturated heterocycles. The van der Waals surface area contributed by atoms with Crippen LogP contribution >= 0.6 is 15.9 Å². The molecule has 0 bridgehead atoms. The third-order valence-electron chi connectivity index (χ3n) is 1.81. The molecule has 10 heavy (non-hydrogen) atoms. The standard InChI is InChI=1S/C7H14BrFSi/c1-10(2,3)5-6-4-7(6,8)9/h6H,4-5H2,1-3H3/t6-,7?/m0/s1. The summed E-state index contributed by atoms with van der Waals surface area (Å²) in [6.07, 6.45) is 0.733. The molecule has 0 radical (unpaired) electrons. The average Bonchev–Trinajstić information content (AvgIpc) is 2.05. The fourth-order valence-corrected chi connectivity index (χ4v) is 4.03. The van der Waals surface area contributed by atoms with Crippen LogP contribution in [0.15, 0.2) is 0 Å². The van der Waals surface area contributed by atoms with Crippen LogP contribution in [0.3, 0.4) is 0 Å². The van der Waals surface area contributed by atoms with Crippen molar-refractivity contribution < 1.29 is 4.39 Å². The van der Waals surface area contributed by atoms with Crippen molar-refractivity contribution in [3.05, 3.63) is 0 Å². The normalized spacial score (nSPS) is 39.9. The Bertz CT molecular complexity index is 139. The molecule has 2 atom stereocenters. The molecule has 0 aliphatic heterocycles. The zero-order valence-corrected chi connectivity index (χ0v) is 9.33.